The van der Waals surface area contributed by atoms with Crippen molar-refractivity contribution < 1.29 is 9.90 Å². The molecule has 0 unspecified atom stereocenters. The zero-order valence-electron chi connectivity index (χ0n) is 10.7. The molecule has 0 spiro atoms. The Balaban J connectivity index is 2.11. The van der Waals surface area contributed by atoms with E-state index >= 15 is 0 Å². The average Bonchev–Trinajstić information content (AvgIpc) is 2.39. The molecule has 2 heterocycles. The van der Waals surface area contributed by atoms with E-state index in [0.717, 1.165) is 11.4 Å². The van der Waals surface area contributed by atoms with E-state index < -0.39 is 5.97 Å². The van der Waals surface area contributed by atoms with Crippen molar-refractivity contribution in [1.82, 2.24) is 15.2 Å². The molecule has 0 aliphatic carbocycles. The topological polar surface area (TPSA) is 79.2 Å². The highest BCUT2D eigenvalue weighted by atomic mass is 16.4. The first-order valence-electron chi connectivity index (χ1n) is 5.77. The van der Waals surface area contributed by atoms with Crippen LogP contribution in [0, 0.1) is 6.92 Å². The van der Waals surface area contributed by atoms with Crippen LogP contribution >= 0.6 is 0 Å². The maximum absolute atomic E-state index is 10.7. The molecule has 0 atom stereocenters. The van der Waals surface area contributed by atoms with Crippen LogP contribution in [-0.2, 0) is 6.54 Å². The second-order valence-corrected chi connectivity index (χ2v) is 4.21. The summed E-state index contributed by atoms with van der Waals surface area (Å²) in [7, 11) is 1.86. The fourth-order valence-corrected chi connectivity index (χ4v) is 1.65. The van der Waals surface area contributed by atoms with Crippen molar-refractivity contribution in [1.29, 1.82) is 0 Å². The summed E-state index contributed by atoms with van der Waals surface area (Å²) in [6.07, 6.45) is 0. The van der Waals surface area contributed by atoms with Gasteiger partial charge in [0.1, 0.15) is 0 Å². The first-order valence-corrected chi connectivity index (χ1v) is 5.77. The Morgan fingerprint density at radius 3 is 2.63 bits per heavy atom. The molecule has 0 saturated heterocycles. The van der Waals surface area contributed by atoms with Crippen LogP contribution < -0.4 is 4.90 Å². The van der Waals surface area contributed by atoms with E-state index in [1.165, 1.54) is 6.07 Å². The number of aromatic carboxylic acids is 1. The number of carboxylic acids is 1. The van der Waals surface area contributed by atoms with E-state index in [4.69, 9.17) is 5.11 Å². The number of hydrogen-bond donors (Lipinski definition) is 1. The molecular formula is C13H14N4O2. The third-order valence-electron chi connectivity index (χ3n) is 2.61. The Hall–Kier alpha value is -2.50. The van der Waals surface area contributed by atoms with Crippen LogP contribution in [-0.4, -0.2) is 33.3 Å². The maximum Gasteiger partial charge on any atom is 0.356 e. The summed E-state index contributed by atoms with van der Waals surface area (Å²) < 4.78 is 0. The molecular weight excluding hydrogens is 244 g/mol. The molecule has 0 aliphatic heterocycles. The van der Waals surface area contributed by atoms with Gasteiger partial charge in [-0.3, -0.25) is 4.98 Å². The van der Waals surface area contributed by atoms with Gasteiger partial charge in [-0.1, -0.05) is 6.07 Å². The lowest BCUT2D eigenvalue weighted by atomic mass is 10.3. The monoisotopic (exact) mass is 258 g/mol. The van der Waals surface area contributed by atoms with E-state index in [9.17, 15) is 4.79 Å². The second-order valence-electron chi connectivity index (χ2n) is 4.21. The van der Waals surface area contributed by atoms with E-state index in [1.807, 2.05) is 37.1 Å². The van der Waals surface area contributed by atoms with Gasteiger partial charge in [0.2, 0.25) is 0 Å². The van der Waals surface area contributed by atoms with Gasteiger partial charge in [0.05, 0.1) is 12.2 Å². The smallest absolute Gasteiger partial charge is 0.356 e. The Kier molecular flexibility index (Phi) is 3.70. The summed E-state index contributed by atoms with van der Waals surface area (Å²) in [4.78, 5) is 16.9. The number of rotatable bonds is 4. The number of pyridine rings is 1. The Morgan fingerprint density at radius 2 is 2.05 bits per heavy atom. The summed E-state index contributed by atoms with van der Waals surface area (Å²) in [6, 6.07) is 8.88. The van der Waals surface area contributed by atoms with Crippen LogP contribution in [0.15, 0.2) is 30.3 Å². The fraction of sp³-hybridized carbons (Fsp3) is 0.231. The second kappa shape index (κ2) is 5.43. The summed E-state index contributed by atoms with van der Waals surface area (Å²) in [5, 5.41) is 16.3. The quantitative estimate of drug-likeness (QED) is 0.895. The van der Waals surface area contributed by atoms with E-state index in [0.29, 0.717) is 12.4 Å². The Morgan fingerprint density at radius 1 is 1.26 bits per heavy atom. The Labute approximate surface area is 110 Å². The standard InChI is InChI=1S/C13H14N4O2/c1-9-4-3-5-10(14-9)8-17(2)12-7-6-11(13(18)19)15-16-12/h3-7H,8H2,1-2H3,(H,18,19). The SMILES string of the molecule is Cc1cccc(CN(C)c2ccc(C(=O)O)nn2)n1. The molecule has 6 heteroatoms. The van der Waals surface area contributed by atoms with Crippen molar-refractivity contribution in [3.05, 3.63) is 47.4 Å². The molecule has 0 aliphatic rings. The molecule has 0 saturated carbocycles. The van der Waals surface area contributed by atoms with E-state index in [1.54, 1.807) is 6.07 Å². The minimum absolute atomic E-state index is 0.0640. The molecule has 0 radical (unpaired) electrons. The third-order valence-corrected chi connectivity index (χ3v) is 2.61. The lowest BCUT2D eigenvalue weighted by Crippen LogP contribution is -2.19. The largest absolute Gasteiger partial charge is 0.476 e. The lowest BCUT2D eigenvalue weighted by molar-refractivity contribution is 0.0689. The fourth-order valence-electron chi connectivity index (χ4n) is 1.65. The van der Waals surface area contributed by atoms with Gasteiger partial charge in [-0.05, 0) is 31.2 Å². The summed E-state index contributed by atoms with van der Waals surface area (Å²) in [5.74, 6) is -0.477. The summed E-state index contributed by atoms with van der Waals surface area (Å²) in [6.45, 7) is 2.52. The minimum atomic E-state index is -1.08. The minimum Gasteiger partial charge on any atom is -0.476 e. The normalized spacial score (nSPS) is 10.2. The van der Waals surface area contributed by atoms with Crippen molar-refractivity contribution in [2.45, 2.75) is 13.5 Å². The predicted octanol–water partition coefficient (Wildman–Crippen LogP) is 1.51. The molecule has 1 N–H and O–H groups in total. The Bertz CT molecular complexity index is 583. The van der Waals surface area contributed by atoms with Gasteiger partial charge in [-0.15, -0.1) is 10.2 Å². The predicted molar refractivity (Wildman–Crippen MR) is 70.1 cm³/mol. The van der Waals surface area contributed by atoms with Crippen LogP contribution in [0.4, 0.5) is 5.82 Å². The zero-order valence-corrected chi connectivity index (χ0v) is 10.7. The first kappa shape index (κ1) is 12.9. The van der Waals surface area contributed by atoms with Crippen molar-refractivity contribution >= 4 is 11.8 Å². The lowest BCUT2D eigenvalue weighted by Gasteiger charge is -2.17. The molecule has 0 bridgehead atoms. The van der Waals surface area contributed by atoms with E-state index in [-0.39, 0.29) is 5.69 Å². The zero-order chi connectivity index (χ0) is 13.8. The molecule has 2 rings (SSSR count). The van der Waals surface area contributed by atoms with Gasteiger partial charge >= 0.3 is 5.97 Å². The number of aryl methyl sites for hydroxylation is 1. The molecule has 98 valence electrons. The molecule has 0 fully saturated rings. The number of aromatic nitrogens is 3. The van der Waals surface area contributed by atoms with Crippen molar-refractivity contribution in [3.63, 3.8) is 0 Å². The molecule has 2 aromatic heterocycles. The van der Waals surface area contributed by atoms with Crippen molar-refractivity contribution in [3.8, 4) is 0 Å². The number of carboxylic acid groups (broad SMARTS) is 1. The van der Waals surface area contributed by atoms with Crippen molar-refractivity contribution in [2.75, 3.05) is 11.9 Å². The molecule has 6 nitrogen and oxygen atoms in total. The van der Waals surface area contributed by atoms with Crippen LogP contribution in [0.25, 0.3) is 0 Å². The van der Waals surface area contributed by atoms with Gasteiger partial charge in [-0.2, -0.15) is 0 Å². The molecule has 0 aromatic carbocycles. The van der Waals surface area contributed by atoms with Crippen molar-refractivity contribution in [2.24, 2.45) is 0 Å². The average molecular weight is 258 g/mol. The number of hydrogen-bond acceptors (Lipinski definition) is 5. The van der Waals surface area contributed by atoms with Gasteiger partial charge in [-0.25, -0.2) is 4.79 Å². The number of carbonyl (C=O) groups is 1. The van der Waals surface area contributed by atoms with Gasteiger partial charge in [0.25, 0.3) is 0 Å². The van der Waals surface area contributed by atoms with E-state index in [2.05, 4.69) is 15.2 Å². The van der Waals surface area contributed by atoms with Crippen LogP contribution in [0.3, 0.4) is 0 Å². The third kappa shape index (κ3) is 3.25. The maximum atomic E-state index is 10.7. The highest BCUT2D eigenvalue weighted by Gasteiger charge is 2.08. The molecule has 19 heavy (non-hydrogen) atoms. The highest BCUT2D eigenvalue weighted by molar-refractivity contribution is 5.85. The van der Waals surface area contributed by atoms with Gasteiger partial charge in [0.15, 0.2) is 11.5 Å². The first-order chi connectivity index (χ1) is 9.06. The summed E-state index contributed by atoms with van der Waals surface area (Å²) in [5.41, 5.74) is 1.82. The number of anilines is 1. The summed E-state index contributed by atoms with van der Waals surface area (Å²) >= 11 is 0. The molecule has 2 aromatic rings. The van der Waals surface area contributed by atoms with Gasteiger partial charge in [0, 0.05) is 12.7 Å². The molecule has 0 amide bonds. The van der Waals surface area contributed by atoms with Gasteiger partial charge < -0.3 is 10.0 Å². The number of nitrogens with zero attached hydrogens (tertiary/aromatic N) is 4. The van der Waals surface area contributed by atoms with Crippen LogP contribution in [0.2, 0.25) is 0 Å². The van der Waals surface area contributed by atoms with Crippen LogP contribution in [0.5, 0.6) is 0 Å². The highest BCUT2D eigenvalue weighted by Crippen LogP contribution is 2.11. The van der Waals surface area contributed by atoms with Crippen LogP contribution in [0.1, 0.15) is 21.9 Å².